The molecule has 1 N–H and O–H groups in total. The number of nitrogens with one attached hydrogen (secondary N) is 1. The predicted octanol–water partition coefficient (Wildman–Crippen LogP) is 3.28. The van der Waals surface area contributed by atoms with Crippen molar-refractivity contribution in [1.82, 2.24) is 15.2 Å². The Balaban J connectivity index is 1.63. The first-order chi connectivity index (χ1) is 14.7. The first-order valence-corrected chi connectivity index (χ1v) is 10.3. The largest absolute Gasteiger partial charge is 0.497 e. The molecule has 6 nitrogen and oxygen atoms in total. The number of fused-ring (bicyclic) bond motifs is 1. The van der Waals surface area contributed by atoms with Crippen molar-refractivity contribution in [3.8, 4) is 17.0 Å². The highest BCUT2D eigenvalue weighted by Crippen LogP contribution is 2.30. The number of methoxy groups -OCH3 is 1. The first-order valence-electron chi connectivity index (χ1n) is 10.3. The van der Waals surface area contributed by atoms with E-state index in [4.69, 9.17) is 14.5 Å². The highest BCUT2D eigenvalue weighted by Gasteiger charge is 2.19. The van der Waals surface area contributed by atoms with Crippen molar-refractivity contribution in [2.75, 3.05) is 46.5 Å². The summed E-state index contributed by atoms with van der Waals surface area (Å²) < 4.78 is 10.7. The van der Waals surface area contributed by atoms with Gasteiger partial charge in [0.15, 0.2) is 0 Å². The second-order valence-electron chi connectivity index (χ2n) is 7.42. The number of carbonyl (C=O) groups is 1. The molecule has 0 atom stereocenters. The summed E-state index contributed by atoms with van der Waals surface area (Å²) in [5.74, 6) is 0.729. The van der Waals surface area contributed by atoms with E-state index in [9.17, 15) is 4.79 Å². The Hall–Kier alpha value is -2.96. The summed E-state index contributed by atoms with van der Waals surface area (Å²) in [6.45, 7) is 6.73. The fourth-order valence-corrected chi connectivity index (χ4v) is 3.87. The third-order valence-electron chi connectivity index (χ3n) is 5.54. The molecule has 1 aliphatic rings. The number of nitrogens with zero attached hydrogens (tertiary/aromatic N) is 2. The van der Waals surface area contributed by atoms with E-state index in [1.165, 1.54) is 0 Å². The van der Waals surface area contributed by atoms with Crippen molar-refractivity contribution >= 4 is 16.8 Å². The zero-order valence-electron chi connectivity index (χ0n) is 17.5. The summed E-state index contributed by atoms with van der Waals surface area (Å²) in [6, 6.07) is 15.6. The fraction of sp³-hybridized carbons (Fsp3) is 0.333. The lowest BCUT2D eigenvalue weighted by atomic mass is 9.97. The average molecular weight is 405 g/mol. The molecule has 4 rings (SSSR count). The topological polar surface area (TPSA) is 63.7 Å². The van der Waals surface area contributed by atoms with E-state index in [1.54, 1.807) is 7.11 Å². The number of aromatic nitrogens is 1. The van der Waals surface area contributed by atoms with Gasteiger partial charge >= 0.3 is 0 Å². The summed E-state index contributed by atoms with van der Waals surface area (Å²) in [5.41, 5.74) is 4.15. The number of benzene rings is 2. The molecule has 0 radical (unpaired) electrons. The molecular weight excluding hydrogens is 378 g/mol. The standard InChI is InChI=1S/C24H27N3O3/c1-17-22(24(28)25-11-12-27-13-15-30-16-14-27)20-5-3-4-6-21(20)26-23(17)18-7-9-19(29-2)10-8-18/h3-10H,11-16H2,1-2H3,(H,25,28). The lowest BCUT2D eigenvalue weighted by Gasteiger charge is -2.26. The van der Waals surface area contributed by atoms with E-state index in [0.717, 1.165) is 66.3 Å². The summed E-state index contributed by atoms with van der Waals surface area (Å²) in [5, 5.41) is 3.98. The van der Waals surface area contributed by atoms with Crippen molar-refractivity contribution in [2.45, 2.75) is 6.92 Å². The first kappa shape index (κ1) is 20.3. The van der Waals surface area contributed by atoms with Crippen LogP contribution in [0.15, 0.2) is 48.5 Å². The minimum atomic E-state index is -0.0610. The summed E-state index contributed by atoms with van der Waals surface area (Å²) in [6.07, 6.45) is 0. The zero-order chi connectivity index (χ0) is 20.9. The van der Waals surface area contributed by atoms with E-state index in [1.807, 2.05) is 55.5 Å². The molecule has 2 aromatic carbocycles. The SMILES string of the molecule is COc1ccc(-c2nc3ccccc3c(C(=O)NCCN3CCOCC3)c2C)cc1. The number of pyridine rings is 1. The van der Waals surface area contributed by atoms with E-state index in [-0.39, 0.29) is 5.91 Å². The molecule has 0 saturated carbocycles. The molecule has 0 unspecified atom stereocenters. The Morgan fingerprint density at radius 2 is 1.87 bits per heavy atom. The second kappa shape index (κ2) is 9.24. The van der Waals surface area contributed by atoms with Gasteiger partial charge in [-0.2, -0.15) is 0 Å². The van der Waals surface area contributed by atoms with Crippen LogP contribution in [-0.2, 0) is 4.74 Å². The summed E-state index contributed by atoms with van der Waals surface area (Å²) >= 11 is 0. The number of carbonyl (C=O) groups excluding carboxylic acids is 1. The van der Waals surface area contributed by atoms with Gasteiger partial charge in [0.25, 0.3) is 5.91 Å². The molecule has 0 spiro atoms. The fourth-order valence-electron chi connectivity index (χ4n) is 3.87. The maximum absolute atomic E-state index is 13.2. The van der Waals surface area contributed by atoms with Gasteiger partial charge < -0.3 is 14.8 Å². The molecule has 1 aromatic heterocycles. The highest BCUT2D eigenvalue weighted by molar-refractivity contribution is 6.08. The molecule has 6 heteroatoms. The van der Waals surface area contributed by atoms with Crippen molar-refractivity contribution in [1.29, 1.82) is 0 Å². The Morgan fingerprint density at radius 3 is 2.60 bits per heavy atom. The van der Waals surface area contributed by atoms with Crippen molar-refractivity contribution < 1.29 is 14.3 Å². The molecular formula is C24H27N3O3. The molecule has 30 heavy (non-hydrogen) atoms. The third-order valence-corrected chi connectivity index (χ3v) is 5.54. The lowest BCUT2D eigenvalue weighted by Crippen LogP contribution is -2.41. The zero-order valence-corrected chi connectivity index (χ0v) is 17.5. The van der Waals surface area contributed by atoms with Crippen LogP contribution in [0.5, 0.6) is 5.75 Å². The van der Waals surface area contributed by atoms with Crippen molar-refractivity contribution in [2.24, 2.45) is 0 Å². The van der Waals surface area contributed by atoms with Gasteiger partial charge in [0.1, 0.15) is 5.75 Å². The maximum atomic E-state index is 13.2. The molecule has 1 aliphatic heterocycles. The van der Waals surface area contributed by atoms with Gasteiger partial charge in [0.2, 0.25) is 0 Å². The number of rotatable bonds is 6. The van der Waals surface area contributed by atoms with Crippen LogP contribution in [0.4, 0.5) is 0 Å². The van der Waals surface area contributed by atoms with Crippen molar-refractivity contribution in [3.63, 3.8) is 0 Å². The monoisotopic (exact) mass is 405 g/mol. The molecule has 2 heterocycles. The number of hydrogen-bond donors (Lipinski definition) is 1. The lowest BCUT2D eigenvalue weighted by molar-refractivity contribution is 0.0383. The van der Waals surface area contributed by atoms with Crippen LogP contribution in [0.2, 0.25) is 0 Å². The van der Waals surface area contributed by atoms with E-state index in [2.05, 4.69) is 10.2 Å². The Morgan fingerprint density at radius 1 is 1.13 bits per heavy atom. The Kier molecular flexibility index (Phi) is 6.26. The molecule has 0 aliphatic carbocycles. The van der Waals surface area contributed by atoms with E-state index < -0.39 is 0 Å². The van der Waals surface area contributed by atoms with Crippen LogP contribution in [0.25, 0.3) is 22.2 Å². The molecule has 0 bridgehead atoms. The Labute approximate surface area is 176 Å². The van der Waals surface area contributed by atoms with Crippen LogP contribution >= 0.6 is 0 Å². The van der Waals surface area contributed by atoms with Crippen LogP contribution < -0.4 is 10.1 Å². The average Bonchev–Trinajstić information content (AvgIpc) is 2.79. The highest BCUT2D eigenvalue weighted by atomic mass is 16.5. The number of amides is 1. The van der Waals surface area contributed by atoms with Gasteiger partial charge in [-0.25, -0.2) is 4.98 Å². The smallest absolute Gasteiger partial charge is 0.252 e. The normalized spacial score (nSPS) is 14.6. The minimum Gasteiger partial charge on any atom is -0.497 e. The number of para-hydroxylation sites is 1. The minimum absolute atomic E-state index is 0.0610. The second-order valence-corrected chi connectivity index (χ2v) is 7.42. The number of hydrogen-bond acceptors (Lipinski definition) is 5. The number of ether oxygens (including phenoxy) is 2. The quantitative estimate of drug-likeness (QED) is 0.682. The van der Waals surface area contributed by atoms with Crippen LogP contribution in [0.1, 0.15) is 15.9 Å². The van der Waals surface area contributed by atoms with Gasteiger partial charge in [-0.1, -0.05) is 18.2 Å². The molecule has 1 fully saturated rings. The van der Waals surface area contributed by atoms with Gasteiger partial charge in [0.05, 0.1) is 37.1 Å². The number of morpholine rings is 1. The van der Waals surface area contributed by atoms with Crippen molar-refractivity contribution in [3.05, 3.63) is 59.7 Å². The van der Waals surface area contributed by atoms with Gasteiger partial charge in [-0.05, 0) is 42.8 Å². The van der Waals surface area contributed by atoms with Crippen LogP contribution in [-0.4, -0.2) is 62.3 Å². The van der Waals surface area contributed by atoms with Crippen LogP contribution in [0, 0.1) is 6.92 Å². The summed E-state index contributed by atoms with van der Waals surface area (Å²) in [7, 11) is 1.65. The molecule has 1 amide bonds. The van der Waals surface area contributed by atoms with E-state index >= 15 is 0 Å². The molecule has 3 aromatic rings. The van der Waals surface area contributed by atoms with Gasteiger partial charge in [0, 0.05) is 37.1 Å². The maximum Gasteiger partial charge on any atom is 0.252 e. The third kappa shape index (κ3) is 4.30. The van der Waals surface area contributed by atoms with Gasteiger partial charge in [-0.15, -0.1) is 0 Å². The van der Waals surface area contributed by atoms with E-state index in [0.29, 0.717) is 12.1 Å². The summed E-state index contributed by atoms with van der Waals surface area (Å²) in [4.78, 5) is 20.4. The molecule has 1 saturated heterocycles. The molecule has 156 valence electrons. The predicted molar refractivity (Wildman–Crippen MR) is 118 cm³/mol. The van der Waals surface area contributed by atoms with Crippen LogP contribution in [0.3, 0.4) is 0 Å². The Bertz CT molecular complexity index is 1030. The van der Waals surface area contributed by atoms with Gasteiger partial charge in [-0.3, -0.25) is 9.69 Å².